The summed E-state index contributed by atoms with van der Waals surface area (Å²) in [4.78, 5) is 25.7. The summed E-state index contributed by atoms with van der Waals surface area (Å²) in [6.45, 7) is 2.26. The molecule has 0 N–H and O–H groups in total. The average molecular weight is 304 g/mol. The van der Waals surface area contributed by atoms with Crippen LogP contribution in [0.2, 0.25) is 0 Å². The van der Waals surface area contributed by atoms with Crippen LogP contribution in [-0.2, 0) is 9.53 Å². The van der Waals surface area contributed by atoms with Gasteiger partial charge in [-0.2, -0.15) is 5.26 Å². The SMILES string of the molecule is CN(CC(=O)N1CCOCC1)c1ccc([N+](=O)[O-])cc1C#N. The molecule has 1 aromatic carbocycles. The van der Waals surface area contributed by atoms with E-state index >= 15 is 0 Å². The number of nitro groups is 1. The second-order valence-corrected chi connectivity index (χ2v) is 4.92. The van der Waals surface area contributed by atoms with E-state index in [9.17, 15) is 14.9 Å². The molecule has 2 rings (SSSR count). The van der Waals surface area contributed by atoms with Crippen molar-refractivity contribution >= 4 is 17.3 Å². The van der Waals surface area contributed by atoms with Crippen LogP contribution in [-0.4, -0.2) is 55.6 Å². The van der Waals surface area contributed by atoms with Crippen molar-refractivity contribution in [2.45, 2.75) is 0 Å². The zero-order valence-corrected chi connectivity index (χ0v) is 12.2. The number of hydrogen-bond donors (Lipinski definition) is 0. The Morgan fingerprint density at radius 2 is 2.18 bits per heavy atom. The number of anilines is 1. The van der Waals surface area contributed by atoms with E-state index in [2.05, 4.69) is 0 Å². The number of benzene rings is 1. The molecule has 0 spiro atoms. The number of nitro benzene ring substituents is 1. The molecule has 0 atom stereocenters. The quantitative estimate of drug-likeness (QED) is 0.601. The minimum Gasteiger partial charge on any atom is -0.378 e. The molecule has 116 valence electrons. The smallest absolute Gasteiger partial charge is 0.270 e. The molecule has 0 saturated carbocycles. The van der Waals surface area contributed by atoms with Crippen LogP contribution in [0.4, 0.5) is 11.4 Å². The maximum absolute atomic E-state index is 12.2. The molecule has 1 aliphatic heterocycles. The van der Waals surface area contributed by atoms with Crippen molar-refractivity contribution in [2.75, 3.05) is 44.8 Å². The molecular weight excluding hydrogens is 288 g/mol. The first-order chi connectivity index (χ1) is 10.5. The van der Waals surface area contributed by atoms with Crippen molar-refractivity contribution in [3.8, 4) is 6.07 Å². The first-order valence-corrected chi connectivity index (χ1v) is 6.78. The first kappa shape index (κ1) is 15.7. The van der Waals surface area contributed by atoms with Crippen LogP contribution in [0, 0.1) is 21.4 Å². The number of morpholine rings is 1. The van der Waals surface area contributed by atoms with E-state index in [1.807, 2.05) is 6.07 Å². The minimum atomic E-state index is -0.552. The highest BCUT2D eigenvalue weighted by molar-refractivity contribution is 5.82. The van der Waals surface area contributed by atoms with Gasteiger partial charge in [-0.05, 0) is 6.07 Å². The topological polar surface area (TPSA) is 99.7 Å². The number of likely N-dealkylation sites (N-methyl/N-ethyl adjacent to an activating group) is 1. The number of carbonyl (C=O) groups excluding carboxylic acids is 1. The second-order valence-electron chi connectivity index (χ2n) is 4.92. The van der Waals surface area contributed by atoms with Crippen molar-refractivity contribution < 1.29 is 14.5 Å². The molecule has 22 heavy (non-hydrogen) atoms. The summed E-state index contributed by atoms with van der Waals surface area (Å²) in [5.41, 5.74) is 0.523. The van der Waals surface area contributed by atoms with E-state index in [0.717, 1.165) is 0 Å². The molecule has 0 bridgehead atoms. The average Bonchev–Trinajstić information content (AvgIpc) is 2.54. The third kappa shape index (κ3) is 3.51. The van der Waals surface area contributed by atoms with Gasteiger partial charge in [-0.15, -0.1) is 0 Å². The molecule has 0 aliphatic carbocycles. The number of non-ortho nitro benzene ring substituents is 1. The summed E-state index contributed by atoms with van der Waals surface area (Å²) in [6, 6.07) is 5.96. The normalized spacial score (nSPS) is 14.3. The largest absolute Gasteiger partial charge is 0.378 e. The number of carbonyl (C=O) groups is 1. The molecule has 1 saturated heterocycles. The van der Waals surface area contributed by atoms with Gasteiger partial charge in [-0.1, -0.05) is 0 Å². The molecular formula is C14H16N4O4. The maximum Gasteiger partial charge on any atom is 0.270 e. The summed E-state index contributed by atoms with van der Waals surface area (Å²) in [7, 11) is 1.68. The van der Waals surface area contributed by atoms with Gasteiger partial charge in [0.1, 0.15) is 6.07 Å². The van der Waals surface area contributed by atoms with Gasteiger partial charge in [0.05, 0.1) is 35.9 Å². The van der Waals surface area contributed by atoms with E-state index in [4.69, 9.17) is 10.00 Å². The molecule has 8 nitrogen and oxygen atoms in total. The number of nitrogens with zero attached hydrogens (tertiary/aromatic N) is 4. The Hall–Kier alpha value is -2.66. The summed E-state index contributed by atoms with van der Waals surface area (Å²) < 4.78 is 5.20. The zero-order valence-electron chi connectivity index (χ0n) is 12.2. The van der Waals surface area contributed by atoms with Gasteiger partial charge < -0.3 is 14.5 Å². The lowest BCUT2D eigenvalue weighted by molar-refractivity contribution is -0.384. The van der Waals surface area contributed by atoms with Crippen LogP contribution in [0.1, 0.15) is 5.56 Å². The first-order valence-electron chi connectivity index (χ1n) is 6.78. The number of nitriles is 1. The minimum absolute atomic E-state index is 0.0620. The Labute approximate surface area is 127 Å². The van der Waals surface area contributed by atoms with Crippen molar-refractivity contribution in [1.29, 1.82) is 5.26 Å². The van der Waals surface area contributed by atoms with Crippen molar-refractivity contribution in [1.82, 2.24) is 4.90 Å². The Kier molecular flexibility index (Phi) is 4.91. The third-order valence-electron chi connectivity index (χ3n) is 3.46. The van der Waals surface area contributed by atoms with E-state index in [0.29, 0.717) is 32.0 Å². The Morgan fingerprint density at radius 1 is 1.50 bits per heavy atom. The van der Waals surface area contributed by atoms with Crippen molar-refractivity contribution in [2.24, 2.45) is 0 Å². The van der Waals surface area contributed by atoms with Gasteiger partial charge in [-0.3, -0.25) is 14.9 Å². The fourth-order valence-electron chi connectivity index (χ4n) is 2.26. The van der Waals surface area contributed by atoms with Gasteiger partial charge in [0.15, 0.2) is 0 Å². The van der Waals surface area contributed by atoms with Gasteiger partial charge in [0, 0.05) is 32.3 Å². The molecule has 8 heteroatoms. The van der Waals surface area contributed by atoms with Crippen LogP contribution in [0.3, 0.4) is 0 Å². The Balaban J connectivity index is 2.11. The standard InChI is InChI=1S/C14H16N4O4/c1-16(10-14(19)17-4-6-22-7-5-17)13-3-2-12(18(20)21)8-11(13)9-15/h2-3,8H,4-7,10H2,1H3. The summed E-state index contributed by atoms with van der Waals surface area (Å²) in [6.07, 6.45) is 0. The molecule has 1 aliphatic rings. The van der Waals surface area contributed by atoms with Crippen molar-refractivity contribution in [3.63, 3.8) is 0 Å². The Morgan fingerprint density at radius 3 is 2.77 bits per heavy atom. The molecule has 0 unspecified atom stereocenters. The molecule has 1 amide bonds. The molecule has 0 aromatic heterocycles. The maximum atomic E-state index is 12.2. The zero-order chi connectivity index (χ0) is 16.1. The lowest BCUT2D eigenvalue weighted by Gasteiger charge is -2.29. The van der Waals surface area contributed by atoms with Gasteiger partial charge in [0.25, 0.3) is 5.69 Å². The molecule has 0 radical (unpaired) electrons. The summed E-state index contributed by atoms with van der Waals surface area (Å²) >= 11 is 0. The monoisotopic (exact) mass is 304 g/mol. The highest BCUT2D eigenvalue weighted by Crippen LogP contribution is 2.24. The van der Waals surface area contributed by atoms with Crippen LogP contribution >= 0.6 is 0 Å². The molecule has 1 aromatic rings. The van der Waals surface area contributed by atoms with Gasteiger partial charge in [-0.25, -0.2) is 0 Å². The Bertz CT molecular complexity index is 620. The second kappa shape index (κ2) is 6.87. The van der Waals surface area contributed by atoms with Gasteiger partial charge >= 0.3 is 0 Å². The lowest BCUT2D eigenvalue weighted by atomic mass is 10.1. The fourth-order valence-corrected chi connectivity index (χ4v) is 2.26. The predicted molar refractivity (Wildman–Crippen MR) is 78.5 cm³/mol. The van der Waals surface area contributed by atoms with Crippen LogP contribution in [0.5, 0.6) is 0 Å². The van der Waals surface area contributed by atoms with E-state index in [-0.39, 0.29) is 23.7 Å². The van der Waals surface area contributed by atoms with E-state index in [1.54, 1.807) is 16.8 Å². The predicted octanol–water partition coefficient (Wildman–Crippen LogP) is 0.761. The van der Waals surface area contributed by atoms with Crippen LogP contribution < -0.4 is 4.90 Å². The lowest BCUT2D eigenvalue weighted by Crippen LogP contribution is -2.45. The third-order valence-corrected chi connectivity index (χ3v) is 3.46. The fraction of sp³-hybridized carbons (Fsp3) is 0.429. The van der Waals surface area contributed by atoms with E-state index < -0.39 is 4.92 Å². The number of hydrogen-bond acceptors (Lipinski definition) is 6. The number of amides is 1. The highest BCUT2D eigenvalue weighted by atomic mass is 16.6. The van der Waals surface area contributed by atoms with E-state index in [1.165, 1.54) is 18.2 Å². The number of ether oxygens (including phenoxy) is 1. The van der Waals surface area contributed by atoms with Gasteiger partial charge in [0.2, 0.25) is 5.91 Å². The van der Waals surface area contributed by atoms with Crippen molar-refractivity contribution in [3.05, 3.63) is 33.9 Å². The molecule has 1 heterocycles. The highest BCUT2D eigenvalue weighted by Gasteiger charge is 2.20. The summed E-state index contributed by atoms with van der Waals surface area (Å²) in [5.74, 6) is -0.0620. The number of rotatable bonds is 4. The van der Waals surface area contributed by atoms with Crippen LogP contribution in [0.25, 0.3) is 0 Å². The molecule has 1 fully saturated rings. The van der Waals surface area contributed by atoms with Crippen LogP contribution in [0.15, 0.2) is 18.2 Å². The summed E-state index contributed by atoms with van der Waals surface area (Å²) in [5, 5.41) is 19.9.